The van der Waals surface area contributed by atoms with Gasteiger partial charge in [-0.05, 0) is 31.5 Å². The van der Waals surface area contributed by atoms with Gasteiger partial charge in [-0.1, -0.05) is 6.92 Å². The van der Waals surface area contributed by atoms with E-state index in [0.717, 1.165) is 24.6 Å². The molecule has 1 rings (SSSR count). The van der Waals surface area contributed by atoms with Crippen molar-refractivity contribution < 1.29 is 13.6 Å². The molecule has 0 saturated heterocycles. The minimum Gasteiger partial charge on any atom is -0.357 e. The van der Waals surface area contributed by atoms with E-state index in [-0.39, 0.29) is 48.5 Å². The zero-order valence-corrected chi connectivity index (χ0v) is 15.6. The fourth-order valence-electron chi connectivity index (χ4n) is 1.66. The van der Waals surface area contributed by atoms with E-state index in [1.165, 1.54) is 0 Å². The minimum absolute atomic E-state index is 0. The highest BCUT2D eigenvalue weighted by atomic mass is 127. The highest BCUT2D eigenvalue weighted by Crippen LogP contribution is 2.10. The van der Waals surface area contributed by atoms with Crippen LogP contribution in [0.2, 0.25) is 0 Å². The second kappa shape index (κ2) is 12.0. The van der Waals surface area contributed by atoms with Crippen LogP contribution >= 0.6 is 24.0 Å². The van der Waals surface area contributed by atoms with Crippen molar-refractivity contribution in [3.8, 4) is 0 Å². The summed E-state index contributed by atoms with van der Waals surface area (Å²) in [6.07, 6.45) is 0.860. The Bertz CT molecular complexity index is 526. The maximum absolute atomic E-state index is 13.5. The summed E-state index contributed by atoms with van der Waals surface area (Å²) in [7, 11) is 0. The molecule has 3 N–H and O–H groups in total. The van der Waals surface area contributed by atoms with Gasteiger partial charge in [0, 0.05) is 18.7 Å². The Kier molecular flexibility index (Phi) is 11.3. The molecule has 0 spiro atoms. The van der Waals surface area contributed by atoms with E-state index in [1.807, 2.05) is 13.8 Å². The van der Waals surface area contributed by atoms with E-state index < -0.39 is 11.6 Å². The Morgan fingerprint density at radius 3 is 2.57 bits per heavy atom. The van der Waals surface area contributed by atoms with Gasteiger partial charge in [-0.3, -0.25) is 4.79 Å². The van der Waals surface area contributed by atoms with Crippen LogP contribution in [0.3, 0.4) is 0 Å². The van der Waals surface area contributed by atoms with Gasteiger partial charge in [0.15, 0.2) is 5.96 Å². The number of hydrogen-bond donors (Lipinski definition) is 3. The molecule has 0 aliphatic carbocycles. The normalized spacial score (nSPS) is 10.7. The second-order valence-electron chi connectivity index (χ2n) is 4.63. The Labute approximate surface area is 152 Å². The summed E-state index contributed by atoms with van der Waals surface area (Å²) < 4.78 is 26.6. The summed E-state index contributed by atoms with van der Waals surface area (Å²) in [6, 6.07) is 3.24. The van der Waals surface area contributed by atoms with Crippen LogP contribution in [0.1, 0.15) is 25.8 Å². The molecular weight excluding hydrogens is 417 g/mol. The average Bonchev–Trinajstić information content (AvgIpc) is 2.51. The maximum atomic E-state index is 13.5. The second-order valence-corrected chi connectivity index (χ2v) is 4.63. The van der Waals surface area contributed by atoms with Crippen LogP contribution in [0.15, 0.2) is 23.2 Å². The van der Waals surface area contributed by atoms with E-state index >= 15 is 0 Å². The molecule has 0 aliphatic rings. The van der Waals surface area contributed by atoms with Gasteiger partial charge in [-0.15, -0.1) is 24.0 Å². The summed E-state index contributed by atoms with van der Waals surface area (Å²) in [5, 5.41) is 8.51. The van der Waals surface area contributed by atoms with Crippen LogP contribution in [0.4, 0.5) is 8.78 Å². The van der Waals surface area contributed by atoms with Crippen LogP contribution in [0, 0.1) is 11.6 Å². The molecule has 8 heteroatoms. The van der Waals surface area contributed by atoms with Gasteiger partial charge in [0.2, 0.25) is 5.91 Å². The van der Waals surface area contributed by atoms with Gasteiger partial charge in [0.05, 0.1) is 13.1 Å². The molecule has 0 aromatic heterocycles. The first-order valence-electron chi connectivity index (χ1n) is 7.29. The van der Waals surface area contributed by atoms with Crippen molar-refractivity contribution in [3.05, 3.63) is 35.4 Å². The summed E-state index contributed by atoms with van der Waals surface area (Å²) in [5.74, 6) is -0.799. The van der Waals surface area contributed by atoms with E-state index in [4.69, 9.17) is 0 Å². The van der Waals surface area contributed by atoms with Crippen LogP contribution < -0.4 is 16.0 Å². The molecule has 5 nitrogen and oxygen atoms in total. The molecule has 1 aromatic rings. The predicted octanol–water partition coefficient (Wildman–Crippen LogP) is 2.16. The number of amides is 1. The molecular formula is C15H23F2IN4O. The number of nitrogens with zero attached hydrogens (tertiary/aromatic N) is 1. The molecule has 0 bridgehead atoms. The molecule has 0 saturated carbocycles. The molecule has 0 atom stereocenters. The fourth-order valence-corrected chi connectivity index (χ4v) is 1.66. The van der Waals surface area contributed by atoms with E-state index in [9.17, 15) is 13.6 Å². The first kappa shape index (κ1) is 21.6. The molecule has 130 valence electrons. The van der Waals surface area contributed by atoms with Crippen LogP contribution in [0.25, 0.3) is 0 Å². The van der Waals surface area contributed by atoms with Crippen molar-refractivity contribution in [3.63, 3.8) is 0 Å². The third-order valence-electron chi connectivity index (χ3n) is 2.75. The van der Waals surface area contributed by atoms with Crippen molar-refractivity contribution in [1.29, 1.82) is 0 Å². The quantitative estimate of drug-likeness (QED) is 0.346. The smallest absolute Gasteiger partial charge is 0.239 e. The van der Waals surface area contributed by atoms with Crippen LogP contribution in [-0.4, -0.2) is 31.5 Å². The monoisotopic (exact) mass is 440 g/mol. The van der Waals surface area contributed by atoms with Gasteiger partial charge >= 0.3 is 0 Å². The lowest BCUT2D eigenvalue weighted by Crippen LogP contribution is -2.43. The summed E-state index contributed by atoms with van der Waals surface area (Å²) in [6.45, 7) is 5.09. The average molecular weight is 440 g/mol. The van der Waals surface area contributed by atoms with Crippen molar-refractivity contribution in [2.24, 2.45) is 4.99 Å². The number of guanidine groups is 1. The molecule has 1 amide bonds. The molecule has 1 aromatic carbocycles. The van der Waals surface area contributed by atoms with Gasteiger partial charge < -0.3 is 16.0 Å². The van der Waals surface area contributed by atoms with Gasteiger partial charge in [0.25, 0.3) is 0 Å². The SMILES string of the molecule is CCCNC(=O)CNC(=NCc1cc(F)ccc1F)NCC.I. The van der Waals surface area contributed by atoms with E-state index in [1.54, 1.807) is 0 Å². The van der Waals surface area contributed by atoms with Crippen LogP contribution in [0.5, 0.6) is 0 Å². The Morgan fingerprint density at radius 2 is 1.91 bits per heavy atom. The lowest BCUT2D eigenvalue weighted by Gasteiger charge is -2.11. The lowest BCUT2D eigenvalue weighted by molar-refractivity contribution is -0.120. The lowest BCUT2D eigenvalue weighted by atomic mass is 10.2. The van der Waals surface area contributed by atoms with Crippen molar-refractivity contribution in [1.82, 2.24) is 16.0 Å². The Hall–Kier alpha value is -1.45. The first-order valence-corrected chi connectivity index (χ1v) is 7.29. The standard InChI is InChI=1S/C15H22F2N4O.HI/c1-3-7-19-14(22)10-21-15(18-4-2)20-9-11-8-12(16)5-6-13(11)17;/h5-6,8H,3-4,7,9-10H2,1-2H3,(H,19,22)(H2,18,20,21);1H. The van der Waals surface area contributed by atoms with Crippen molar-refractivity contribution in [2.45, 2.75) is 26.8 Å². The number of hydrogen-bond acceptors (Lipinski definition) is 2. The van der Waals surface area contributed by atoms with E-state index in [0.29, 0.717) is 19.0 Å². The highest BCUT2D eigenvalue weighted by Gasteiger charge is 2.05. The molecule has 0 fully saturated rings. The number of carbonyl (C=O) groups is 1. The zero-order valence-electron chi connectivity index (χ0n) is 13.3. The minimum atomic E-state index is -0.512. The third-order valence-corrected chi connectivity index (χ3v) is 2.75. The maximum Gasteiger partial charge on any atom is 0.239 e. The van der Waals surface area contributed by atoms with Crippen molar-refractivity contribution in [2.75, 3.05) is 19.6 Å². The molecule has 0 radical (unpaired) electrons. The number of halogens is 3. The third kappa shape index (κ3) is 8.68. The number of carbonyl (C=O) groups excluding carboxylic acids is 1. The summed E-state index contributed by atoms with van der Waals surface area (Å²) in [4.78, 5) is 15.7. The number of rotatable bonds is 7. The summed E-state index contributed by atoms with van der Waals surface area (Å²) in [5.41, 5.74) is 0.160. The zero-order chi connectivity index (χ0) is 16.4. The number of nitrogens with one attached hydrogen (secondary N) is 3. The van der Waals surface area contributed by atoms with E-state index in [2.05, 4.69) is 20.9 Å². The number of benzene rings is 1. The largest absolute Gasteiger partial charge is 0.357 e. The molecule has 0 heterocycles. The van der Waals surface area contributed by atoms with Gasteiger partial charge in [0.1, 0.15) is 11.6 Å². The number of aliphatic imine (C=N–C) groups is 1. The molecule has 0 unspecified atom stereocenters. The Balaban J connectivity index is 0.00000484. The highest BCUT2D eigenvalue weighted by molar-refractivity contribution is 14.0. The first-order chi connectivity index (χ1) is 10.6. The summed E-state index contributed by atoms with van der Waals surface area (Å²) >= 11 is 0. The topological polar surface area (TPSA) is 65.5 Å². The van der Waals surface area contributed by atoms with Gasteiger partial charge in [-0.2, -0.15) is 0 Å². The van der Waals surface area contributed by atoms with Crippen LogP contribution in [-0.2, 0) is 11.3 Å². The fraction of sp³-hybridized carbons (Fsp3) is 0.467. The van der Waals surface area contributed by atoms with Crippen molar-refractivity contribution >= 4 is 35.8 Å². The predicted molar refractivity (Wildman–Crippen MR) is 97.9 cm³/mol. The molecule has 0 aliphatic heterocycles. The molecule has 23 heavy (non-hydrogen) atoms. The Morgan fingerprint density at radius 1 is 1.17 bits per heavy atom. The van der Waals surface area contributed by atoms with Gasteiger partial charge in [-0.25, -0.2) is 13.8 Å².